The van der Waals surface area contributed by atoms with Crippen molar-refractivity contribution in [3.63, 3.8) is 0 Å². The molecule has 0 bridgehead atoms. The lowest BCUT2D eigenvalue weighted by Gasteiger charge is -2.21. The molecule has 156 valence electrons. The van der Waals surface area contributed by atoms with Gasteiger partial charge in [0.1, 0.15) is 5.75 Å². The monoisotopic (exact) mass is 427 g/mol. The van der Waals surface area contributed by atoms with Crippen molar-refractivity contribution in [1.82, 2.24) is 5.32 Å². The van der Waals surface area contributed by atoms with Gasteiger partial charge in [-0.2, -0.15) is 0 Å². The fraction of sp³-hybridized carbons (Fsp3) is 0.600. The first-order chi connectivity index (χ1) is 13.2. The zero-order chi connectivity index (χ0) is 20.4. The zero-order valence-electron chi connectivity index (χ0n) is 16.5. The van der Waals surface area contributed by atoms with Gasteiger partial charge in [0.25, 0.3) is 0 Å². The number of ether oxygens (including phenoxy) is 1. The Bertz CT molecular complexity index is 951. The van der Waals surface area contributed by atoms with Crippen molar-refractivity contribution in [3.8, 4) is 5.75 Å². The van der Waals surface area contributed by atoms with Gasteiger partial charge in [-0.25, -0.2) is 16.8 Å². The number of hydrogen-bond acceptors (Lipinski definition) is 6. The highest BCUT2D eigenvalue weighted by Crippen LogP contribution is 2.29. The quantitative estimate of drug-likeness (QED) is 0.672. The molecule has 1 N–H and O–H groups in total. The highest BCUT2D eigenvalue weighted by Gasteiger charge is 2.45. The molecule has 1 fully saturated rings. The molecule has 2 aliphatic rings. The normalized spacial score (nSPS) is 24.7. The third-order valence-electron chi connectivity index (χ3n) is 5.63. The zero-order valence-corrected chi connectivity index (χ0v) is 18.1. The minimum absolute atomic E-state index is 0.134. The summed E-state index contributed by atoms with van der Waals surface area (Å²) in [6.07, 6.45) is 7.69. The fourth-order valence-corrected chi connectivity index (χ4v) is 8.86. The standard InChI is InChI=1S/C20H29NO5S2/c1-15-12-17(8-9-19(15)26-2)28(24,25)20-14-27(22,23)13-18(20)21-11-10-16-6-4-3-5-7-16/h6,8-9,12,18,20-21H,3-5,7,10-11,13-14H2,1-2H3. The summed E-state index contributed by atoms with van der Waals surface area (Å²) in [7, 11) is -5.64. The molecule has 0 amide bonds. The summed E-state index contributed by atoms with van der Waals surface area (Å²) in [5.41, 5.74) is 2.09. The van der Waals surface area contributed by atoms with Crippen LogP contribution in [0.4, 0.5) is 0 Å². The summed E-state index contributed by atoms with van der Waals surface area (Å²) in [5.74, 6) is 0.139. The van der Waals surface area contributed by atoms with Crippen LogP contribution in [0.3, 0.4) is 0 Å². The number of aryl methyl sites for hydroxylation is 1. The maximum atomic E-state index is 13.2. The van der Waals surface area contributed by atoms with E-state index in [0.717, 1.165) is 19.3 Å². The number of nitrogens with one attached hydrogen (secondary N) is 1. The van der Waals surface area contributed by atoms with Crippen LogP contribution in [0.1, 0.15) is 37.7 Å². The van der Waals surface area contributed by atoms with Crippen LogP contribution in [0.5, 0.6) is 5.75 Å². The van der Waals surface area contributed by atoms with E-state index in [1.54, 1.807) is 19.1 Å². The largest absolute Gasteiger partial charge is 0.496 e. The van der Waals surface area contributed by atoms with E-state index in [2.05, 4.69) is 11.4 Å². The van der Waals surface area contributed by atoms with Gasteiger partial charge < -0.3 is 10.1 Å². The highest BCUT2D eigenvalue weighted by molar-refractivity contribution is 7.96. The molecule has 2 unspecified atom stereocenters. The van der Waals surface area contributed by atoms with Crippen molar-refractivity contribution in [1.29, 1.82) is 0 Å². The van der Waals surface area contributed by atoms with E-state index in [1.807, 2.05) is 0 Å². The summed E-state index contributed by atoms with van der Waals surface area (Å²) in [6.45, 7) is 2.37. The van der Waals surface area contributed by atoms with Gasteiger partial charge in [-0.3, -0.25) is 0 Å². The van der Waals surface area contributed by atoms with Crippen LogP contribution < -0.4 is 10.1 Å². The van der Waals surface area contributed by atoms with Gasteiger partial charge in [0.15, 0.2) is 19.7 Å². The molecule has 2 atom stereocenters. The SMILES string of the molecule is COc1ccc(S(=O)(=O)C2CS(=O)(=O)CC2NCCC2=CCCCC2)cc1C. The lowest BCUT2D eigenvalue weighted by Crippen LogP contribution is -2.43. The fourth-order valence-electron chi connectivity index (χ4n) is 4.06. The second kappa shape index (κ2) is 8.55. The molecule has 6 nitrogen and oxygen atoms in total. The Morgan fingerprint density at radius 2 is 2.00 bits per heavy atom. The Labute approximate surface area is 168 Å². The molecule has 1 saturated heterocycles. The minimum atomic E-state index is -3.77. The molecule has 28 heavy (non-hydrogen) atoms. The topological polar surface area (TPSA) is 89.5 Å². The number of sulfone groups is 2. The number of benzene rings is 1. The van der Waals surface area contributed by atoms with Crippen LogP contribution in [0.25, 0.3) is 0 Å². The van der Waals surface area contributed by atoms with E-state index >= 15 is 0 Å². The van der Waals surface area contributed by atoms with Crippen molar-refractivity contribution in [2.45, 2.75) is 55.2 Å². The number of allylic oxidation sites excluding steroid dienone is 1. The van der Waals surface area contributed by atoms with E-state index < -0.39 is 31.0 Å². The van der Waals surface area contributed by atoms with Crippen molar-refractivity contribution >= 4 is 19.7 Å². The van der Waals surface area contributed by atoms with Crippen molar-refractivity contribution < 1.29 is 21.6 Å². The third-order valence-corrected chi connectivity index (χ3v) is 9.78. The molecule has 1 aliphatic heterocycles. The van der Waals surface area contributed by atoms with E-state index in [-0.39, 0.29) is 16.4 Å². The predicted molar refractivity (Wildman–Crippen MR) is 110 cm³/mol. The Morgan fingerprint density at radius 3 is 2.64 bits per heavy atom. The summed E-state index contributed by atoms with van der Waals surface area (Å²) in [5, 5.41) is 2.26. The molecule has 1 aromatic rings. The maximum absolute atomic E-state index is 13.2. The second-order valence-corrected chi connectivity index (χ2v) is 12.0. The Kier molecular flexibility index (Phi) is 6.51. The van der Waals surface area contributed by atoms with Crippen LogP contribution in [0, 0.1) is 6.92 Å². The van der Waals surface area contributed by atoms with E-state index in [0.29, 0.717) is 17.9 Å². The number of rotatable bonds is 7. The smallest absolute Gasteiger partial charge is 0.183 e. The van der Waals surface area contributed by atoms with Crippen molar-refractivity contribution in [3.05, 3.63) is 35.4 Å². The van der Waals surface area contributed by atoms with Gasteiger partial charge >= 0.3 is 0 Å². The predicted octanol–water partition coefficient (Wildman–Crippen LogP) is 2.42. The maximum Gasteiger partial charge on any atom is 0.183 e. The average molecular weight is 428 g/mol. The summed E-state index contributed by atoms with van der Waals surface area (Å²) < 4.78 is 56.0. The molecular formula is C20H29NO5S2. The average Bonchev–Trinajstić information content (AvgIpc) is 2.98. The first kappa shape index (κ1) is 21.3. The molecule has 0 aromatic heterocycles. The first-order valence-electron chi connectivity index (χ1n) is 9.73. The van der Waals surface area contributed by atoms with Crippen LogP contribution in [0.2, 0.25) is 0 Å². The van der Waals surface area contributed by atoms with Gasteiger partial charge in [-0.15, -0.1) is 0 Å². The molecule has 8 heteroatoms. The number of hydrogen-bond donors (Lipinski definition) is 1. The van der Waals surface area contributed by atoms with Gasteiger partial charge in [0, 0.05) is 6.04 Å². The van der Waals surface area contributed by atoms with E-state index in [4.69, 9.17) is 4.74 Å². The van der Waals surface area contributed by atoms with Gasteiger partial charge in [-0.05, 0) is 69.3 Å². The molecule has 1 aliphatic carbocycles. The third kappa shape index (κ3) is 4.78. The minimum Gasteiger partial charge on any atom is -0.496 e. The van der Waals surface area contributed by atoms with Crippen LogP contribution in [-0.2, 0) is 19.7 Å². The summed E-state index contributed by atoms with van der Waals surface area (Å²) in [4.78, 5) is 0.148. The van der Waals surface area contributed by atoms with Crippen LogP contribution >= 0.6 is 0 Å². The Morgan fingerprint density at radius 1 is 1.21 bits per heavy atom. The molecule has 1 heterocycles. The van der Waals surface area contributed by atoms with Gasteiger partial charge in [0.05, 0.1) is 28.8 Å². The summed E-state index contributed by atoms with van der Waals surface area (Å²) in [6, 6.07) is 4.09. The molecule has 1 aromatic carbocycles. The molecular weight excluding hydrogens is 398 g/mol. The molecule has 3 rings (SSSR count). The van der Waals surface area contributed by atoms with Gasteiger partial charge in [0.2, 0.25) is 0 Å². The Balaban J connectivity index is 1.76. The van der Waals surface area contributed by atoms with E-state index in [9.17, 15) is 16.8 Å². The molecule has 0 saturated carbocycles. The summed E-state index contributed by atoms with van der Waals surface area (Å²) >= 11 is 0. The number of methoxy groups -OCH3 is 1. The molecule has 0 spiro atoms. The molecule has 0 radical (unpaired) electrons. The van der Waals surface area contributed by atoms with E-state index in [1.165, 1.54) is 31.6 Å². The highest BCUT2D eigenvalue weighted by atomic mass is 32.2. The first-order valence-corrected chi connectivity index (χ1v) is 13.1. The second-order valence-electron chi connectivity index (χ2n) is 7.71. The lowest BCUT2D eigenvalue weighted by molar-refractivity contribution is 0.411. The van der Waals surface area contributed by atoms with Crippen molar-refractivity contribution in [2.24, 2.45) is 0 Å². The lowest BCUT2D eigenvalue weighted by atomic mass is 9.97. The van der Waals surface area contributed by atoms with Crippen LogP contribution in [-0.4, -0.2) is 53.3 Å². The van der Waals surface area contributed by atoms with Crippen LogP contribution in [0.15, 0.2) is 34.7 Å². The Hall–Kier alpha value is -1.38. The van der Waals surface area contributed by atoms with Gasteiger partial charge in [-0.1, -0.05) is 11.6 Å². The van der Waals surface area contributed by atoms with Crippen molar-refractivity contribution in [2.75, 3.05) is 25.2 Å².